The number of aromatic nitrogens is 1. The Bertz CT molecular complexity index is 372. The fraction of sp³-hybridized carbons (Fsp3) is 0.700. The molecule has 16 heavy (non-hydrogen) atoms. The van der Waals surface area contributed by atoms with E-state index in [9.17, 15) is 0 Å². The monoisotopic (exact) mass is 262 g/mol. The highest BCUT2D eigenvalue weighted by molar-refractivity contribution is 7.16. The van der Waals surface area contributed by atoms with E-state index in [-0.39, 0.29) is 12.7 Å². The van der Waals surface area contributed by atoms with Gasteiger partial charge in [0.2, 0.25) is 0 Å². The summed E-state index contributed by atoms with van der Waals surface area (Å²) in [4.78, 5) is 7.06. The smallest absolute Gasteiger partial charge is 0.187 e. The lowest BCUT2D eigenvalue weighted by molar-refractivity contribution is 0.118. The Kier molecular flexibility index (Phi) is 3.69. The number of anilines is 1. The van der Waals surface area contributed by atoms with E-state index in [1.54, 1.807) is 0 Å². The fourth-order valence-corrected chi connectivity index (χ4v) is 3.08. The number of aliphatic hydroxyl groups is 1. The third-order valence-corrected chi connectivity index (χ3v) is 4.47. The third-order valence-electron chi connectivity index (χ3n) is 2.92. The molecule has 2 heterocycles. The molecule has 4 nitrogen and oxygen atoms in total. The van der Waals surface area contributed by atoms with Gasteiger partial charge in [0.05, 0.1) is 23.6 Å². The molecule has 0 aromatic carbocycles. The van der Waals surface area contributed by atoms with Crippen molar-refractivity contribution < 1.29 is 9.84 Å². The normalized spacial score (nSPS) is 25.0. The SMILES string of the molecule is CC1OCCC1N(C)c1nc(Cl)c(CO)s1. The summed E-state index contributed by atoms with van der Waals surface area (Å²) in [5.41, 5.74) is 0. The predicted octanol–water partition coefficient (Wildman–Crippen LogP) is 1.90. The second kappa shape index (κ2) is 4.87. The van der Waals surface area contributed by atoms with Gasteiger partial charge >= 0.3 is 0 Å². The molecule has 1 N–H and O–H groups in total. The van der Waals surface area contributed by atoms with Crippen LogP contribution in [0.1, 0.15) is 18.2 Å². The molecule has 90 valence electrons. The summed E-state index contributed by atoms with van der Waals surface area (Å²) in [6.45, 7) is 2.81. The summed E-state index contributed by atoms with van der Waals surface area (Å²) >= 11 is 7.35. The highest BCUT2D eigenvalue weighted by atomic mass is 35.5. The van der Waals surface area contributed by atoms with E-state index < -0.39 is 0 Å². The topological polar surface area (TPSA) is 45.6 Å². The summed E-state index contributed by atoms with van der Waals surface area (Å²) in [5, 5.41) is 10.3. The van der Waals surface area contributed by atoms with Gasteiger partial charge in [0, 0.05) is 13.7 Å². The lowest BCUT2D eigenvalue weighted by Crippen LogP contribution is -2.36. The van der Waals surface area contributed by atoms with Crippen LogP contribution in [0.15, 0.2) is 0 Å². The maximum Gasteiger partial charge on any atom is 0.187 e. The van der Waals surface area contributed by atoms with E-state index in [2.05, 4.69) is 16.8 Å². The number of hydrogen-bond donors (Lipinski definition) is 1. The Morgan fingerprint density at radius 3 is 2.94 bits per heavy atom. The van der Waals surface area contributed by atoms with Gasteiger partial charge < -0.3 is 14.7 Å². The lowest BCUT2D eigenvalue weighted by Gasteiger charge is -2.25. The van der Waals surface area contributed by atoms with Gasteiger partial charge in [-0.1, -0.05) is 22.9 Å². The zero-order chi connectivity index (χ0) is 11.7. The zero-order valence-electron chi connectivity index (χ0n) is 9.31. The molecule has 0 spiro atoms. The van der Waals surface area contributed by atoms with Crippen molar-refractivity contribution in [1.82, 2.24) is 4.98 Å². The van der Waals surface area contributed by atoms with Crippen LogP contribution in [0.5, 0.6) is 0 Å². The molecular weight excluding hydrogens is 248 g/mol. The Hall–Kier alpha value is -0.360. The van der Waals surface area contributed by atoms with Gasteiger partial charge in [0.15, 0.2) is 5.13 Å². The van der Waals surface area contributed by atoms with E-state index >= 15 is 0 Å². The highest BCUT2D eigenvalue weighted by Crippen LogP contribution is 2.32. The number of hydrogen-bond acceptors (Lipinski definition) is 5. The van der Waals surface area contributed by atoms with E-state index in [0.717, 1.165) is 23.0 Å². The van der Waals surface area contributed by atoms with Crippen molar-refractivity contribution in [3.63, 3.8) is 0 Å². The van der Waals surface area contributed by atoms with Gasteiger partial charge in [-0.25, -0.2) is 4.98 Å². The maximum absolute atomic E-state index is 9.07. The van der Waals surface area contributed by atoms with Crippen LogP contribution in [0.4, 0.5) is 5.13 Å². The van der Waals surface area contributed by atoms with E-state index in [1.807, 2.05) is 7.05 Å². The molecule has 0 amide bonds. The van der Waals surface area contributed by atoms with Crippen LogP contribution in [0.25, 0.3) is 0 Å². The Morgan fingerprint density at radius 1 is 1.69 bits per heavy atom. The Morgan fingerprint density at radius 2 is 2.44 bits per heavy atom. The van der Waals surface area contributed by atoms with E-state index in [1.165, 1.54) is 11.3 Å². The average Bonchev–Trinajstić information content (AvgIpc) is 2.83. The first kappa shape index (κ1) is 12.1. The van der Waals surface area contributed by atoms with Crippen molar-refractivity contribution in [1.29, 1.82) is 0 Å². The minimum atomic E-state index is -0.0545. The molecule has 2 atom stereocenters. The Labute approximate surface area is 104 Å². The molecule has 1 fully saturated rings. The summed E-state index contributed by atoms with van der Waals surface area (Å²) in [6, 6.07) is 0.341. The number of halogens is 1. The first-order valence-electron chi connectivity index (χ1n) is 5.24. The van der Waals surface area contributed by atoms with Crippen LogP contribution in [0, 0.1) is 0 Å². The van der Waals surface area contributed by atoms with Crippen molar-refractivity contribution in [2.24, 2.45) is 0 Å². The molecule has 0 bridgehead atoms. The molecule has 1 aliphatic rings. The van der Waals surface area contributed by atoms with Crippen molar-refractivity contribution in [2.75, 3.05) is 18.6 Å². The van der Waals surface area contributed by atoms with E-state index in [4.69, 9.17) is 21.4 Å². The summed E-state index contributed by atoms with van der Waals surface area (Å²) in [6.07, 6.45) is 1.22. The first-order valence-corrected chi connectivity index (χ1v) is 6.43. The number of ether oxygens (including phenoxy) is 1. The molecule has 0 saturated carbocycles. The van der Waals surface area contributed by atoms with Crippen LogP contribution in [0.3, 0.4) is 0 Å². The molecule has 0 aliphatic carbocycles. The van der Waals surface area contributed by atoms with Crippen LogP contribution in [0.2, 0.25) is 5.15 Å². The van der Waals surface area contributed by atoms with E-state index in [0.29, 0.717) is 11.2 Å². The van der Waals surface area contributed by atoms with Crippen LogP contribution < -0.4 is 4.90 Å². The average molecular weight is 263 g/mol. The standard InChI is InChI=1S/C10H15ClN2O2S/c1-6-7(3-4-15-6)13(2)10-12-9(11)8(5-14)16-10/h6-7,14H,3-5H2,1-2H3. The largest absolute Gasteiger partial charge is 0.391 e. The van der Waals surface area contributed by atoms with Crippen LogP contribution in [-0.4, -0.2) is 35.9 Å². The molecule has 1 saturated heterocycles. The summed E-state index contributed by atoms with van der Waals surface area (Å²) < 4.78 is 5.52. The number of nitrogens with zero attached hydrogens (tertiary/aromatic N) is 2. The Balaban J connectivity index is 2.16. The third kappa shape index (κ3) is 2.18. The molecule has 2 unspecified atom stereocenters. The minimum Gasteiger partial charge on any atom is -0.391 e. The molecular formula is C10H15ClN2O2S. The molecule has 0 radical (unpaired) electrons. The van der Waals surface area contributed by atoms with Gasteiger partial charge in [-0.15, -0.1) is 0 Å². The maximum atomic E-state index is 9.07. The zero-order valence-corrected chi connectivity index (χ0v) is 10.9. The fourth-order valence-electron chi connectivity index (χ4n) is 1.94. The highest BCUT2D eigenvalue weighted by Gasteiger charge is 2.29. The lowest BCUT2D eigenvalue weighted by atomic mass is 10.1. The minimum absolute atomic E-state index is 0.0545. The molecule has 1 aromatic heterocycles. The van der Waals surface area contributed by atoms with Crippen molar-refractivity contribution in [2.45, 2.75) is 32.1 Å². The van der Waals surface area contributed by atoms with Gasteiger partial charge in [0.25, 0.3) is 0 Å². The second-order valence-corrected chi connectivity index (χ2v) is 5.33. The number of thiazole rings is 1. The van der Waals surface area contributed by atoms with Crippen LogP contribution in [-0.2, 0) is 11.3 Å². The second-order valence-electron chi connectivity index (χ2n) is 3.91. The van der Waals surface area contributed by atoms with Crippen molar-refractivity contribution in [3.8, 4) is 0 Å². The summed E-state index contributed by atoms with van der Waals surface area (Å²) in [7, 11) is 1.99. The van der Waals surface area contributed by atoms with Crippen LogP contribution >= 0.6 is 22.9 Å². The van der Waals surface area contributed by atoms with Gasteiger partial charge in [-0.2, -0.15) is 0 Å². The van der Waals surface area contributed by atoms with Crippen molar-refractivity contribution in [3.05, 3.63) is 10.0 Å². The molecule has 1 aliphatic heterocycles. The molecule has 6 heteroatoms. The molecule has 2 rings (SSSR count). The first-order chi connectivity index (χ1) is 7.63. The van der Waals surface area contributed by atoms with Gasteiger partial charge in [-0.3, -0.25) is 0 Å². The number of aliphatic hydroxyl groups excluding tert-OH is 1. The summed E-state index contributed by atoms with van der Waals surface area (Å²) in [5.74, 6) is 0. The number of rotatable bonds is 3. The molecule has 1 aromatic rings. The number of likely N-dealkylation sites (N-methyl/N-ethyl adjacent to an activating group) is 1. The quantitative estimate of drug-likeness (QED) is 0.904. The van der Waals surface area contributed by atoms with Gasteiger partial charge in [-0.05, 0) is 13.3 Å². The van der Waals surface area contributed by atoms with Crippen molar-refractivity contribution >= 4 is 28.1 Å². The predicted molar refractivity (Wildman–Crippen MR) is 65.3 cm³/mol. The van der Waals surface area contributed by atoms with Gasteiger partial charge in [0.1, 0.15) is 5.15 Å².